The molecule has 3 aromatic rings. The lowest BCUT2D eigenvalue weighted by atomic mass is 9.98. The number of hydrogen-bond donors (Lipinski definition) is 0. The van der Waals surface area contributed by atoms with E-state index < -0.39 is 0 Å². The van der Waals surface area contributed by atoms with Crippen LogP contribution in [0, 0.1) is 0 Å². The molecule has 0 saturated heterocycles. The first-order chi connectivity index (χ1) is 9.88. The molecule has 0 fully saturated rings. The van der Waals surface area contributed by atoms with E-state index in [1.807, 2.05) is 12.1 Å². The van der Waals surface area contributed by atoms with E-state index in [0.717, 1.165) is 5.56 Å². The molecule has 0 N–H and O–H groups in total. The summed E-state index contributed by atoms with van der Waals surface area (Å²) in [6.45, 7) is 3.92. The Morgan fingerprint density at radius 3 is 2.25 bits per heavy atom. The summed E-state index contributed by atoms with van der Waals surface area (Å²) in [5.41, 5.74) is 3.59. The van der Waals surface area contributed by atoms with Gasteiger partial charge in [-0.3, -0.25) is 0 Å². The first kappa shape index (κ1) is 12.4. The quantitative estimate of drug-likeness (QED) is 0.531. The van der Waals surface area contributed by atoms with Gasteiger partial charge in [-0.15, -0.1) is 0 Å². The fourth-order valence-electron chi connectivity index (χ4n) is 2.42. The van der Waals surface area contributed by atoms with E-state index in [0.29, 0.717) is 0 Å². The third-order valence-electron chi connectivity index (χ3n) is 3.47. The molecule has 3 aromatic carbocycles. The number of fused-ring (bicyclic) bond motifs is 1. The van der Waals surface area contributed by atoms with E-state index in [-0.39, 0.29) is 0 Å². The monoisotopic (exact) mass is 256 g/mol. The second-order valence-electron chi connectivity index (χ2n) is 4.74. The number of benzene rings is 3. The molecule has 0 heteroatoms. The van der Waals surface area contributed by atoms with E-state index >= 15 is 0 Å². The molecule has 0 aromatic heterocycles. The van der Waals surface area contributed by atoms with Crippen LogP contribution in [0.15, 0.2) is 73.3 Å². The van der Waals surface area contributed by atoms with Crippen LogP contribution in [0.1, 0.15) is 16.7 Å². The molecular formula is C20H16. The number of rotatable bonds is 3. The molecule has 20 heavy (non-hydrogen) atoms. The predicted octanol–water partition coefficient (Wildman–Crippen LogP) is 5.65. The molecule has 0 bridgehead atoms. The SMILES string of the molecule is C=Cc1ccc2ccccc2c1C=Cc1ccccc1. The van der Waals surface area contributed by atoms with Crippen molar-refractivity contribution in [3.8, 4) is 0 Å². The summed E-state index contributed by atoms with van der Waals surface area (Å²) in [4.78, 5) is 0. The maximum atomic E-state index is 3.92. The summed E-state index contributed by atoms with van der Waals surface area (Å²) in [6, 6.07) is 23.1. The van der Waals surface area contributed by atoms with Gasteiger partial charge in [0.25, 0.3) is 0 Å². The van der Waals surface area contributed by atoms with Crippen molar-refractivity contribution in [1.82, 2.24) is 0 Å². The molecule has 0 amide bonds. The second-order valence-corrected chi connectivity index (χ2v) is 4.74. The molecule has 0 radical (unpaired) electrons. The molecule has 0 unspecified atom stereocenters. The topological polar surface area (TPSA) is 0 Å². The Morgan fingerprint density at radius 2 is 1.45 bits per heavy atom. The van der Waals surface area contributed by atoms with Crippen molar-refractivity contribution in [2.75, 3.05) is 0 Å². The fourth-order valence-corrected chi connectivity index (χ4v) is 2.42. The highest BCUT2D eigenvalue weighted by Crippen LogP contribution is 2.25. The molecule has 0 aliphatic heterocycles. The Hall–Kier alpha value is -2.60. The van der Waals surface area contributed by atoms with E-state index in [4.69, 9.17) is 0 Å². The molecule has 0 saturated carbocycles. The van der Waals surface area contributed by atoms with Gasteiger partial charge in [-0.2, -0.15) is 0 Å². The van der Waals surface area contributed by atoms with Crippen LogP contribution in [0.4, 0.5) is 0 Å². The summed E-state index contributed by atoms with van der Waals surface area (Å²) in [5, 5.41) is 2.52. The summed E-state index contributed by atoms with van der Waals surface area (Å²) in [7, 11) is 0. The van der Waals surface area contributed by atoms with Crippen LogP contribution < -0.4 is 0 Å². The average Bonchev–Trinajstić information content (AvgIpc) is 2.53. The van der Waals surface area contributed by atoms with Crippen LogP contribution >= 0.6 is 0 Å². The third kappa shape index (κ3) is 2.41. The molecule has 0 atom stereocenters. The van der Waals surface area contributed by atoms with Crippen LogP contribution in [-0.4, -0.2) is 0 Å². The first-order valence-electron chi connectivity index (χ1n) is 6.76. The normalized spacial score (nSPS) is 11.0. The molecule has 0 aliphatic carbocycles. The summed E-state index contributed by atoms with van der Waals surface area (Å²) in [5.74, 6) is 0. The van der Waals surface area contributed by atoms with Gasteiger partial charge in [0.05, 0.1) is 0 Å². The van der Waals surface area contributed by atoms with E-state index in [1.54, 1.807) is 0 Å². The first-order valence-corrected chi connectivity index (χ1v) is 6.76. The smallest absolute Gasteiger partial charge is 0.0105 e. The van der Waals surface area contributed by atoms with Crippen molar-refractivity contribution in [1.29, 1.82) is 0 Å². The molecule has 3 rings (SSSR count). The van der Waals surface area contributed by atoms with Crippen LogP contribution in [0.25, 0.3) is 29.0 Å². The van der Waals surface area contributed by atoms with E-state index in [1.165, 1.54) is 21.9 Å². The van der Waals surface area contributed by atoms with Gasteiger partial charge >= 0.3 is 0 Å². The van der Waals surface area contributed by atoms with Crippen LogP contribution in [-0.2, 0) is 0 Å². The van der Waals surface area contributed by atoms with Crippen molar-refractivity contribution in [2.24, 2.45) is 0 Å². The molecule has 96 valence electrons. The molecule has 0 heterocycles. The van der Waals surface area contributed by atoms with Crippen molar-refractivity contribution in [3.05, 3.63) is 90.0 Å². The van der Waals surface area contributed by atoms with Crippen LogP contribution in [0.2, 0.25) is 0 Å². The van der Waals surface area contributed by atoms with Gasteiger partial charge in [0.1, 0.15) is 0 Å². The largest absolute Gasteiger partial charge is 0.0984 e. The van der Waals surface area contributed by atoms with Crippen molar-refractivity contribution >= 4 is 29.0 Å². The minimum absolute atomic E-state index is 1.16. The van der Waals surface area contributed by atoms with Crippen LogP contribution in [0.5, 0.6) is 0 Å². The fraction of sp³-hybridized carbons (Fsp3) is 0. The maximum Gasteiger partial charge on any atom is -0.0105 e. The summed E-state index contributed by atoms with van der Waals surface area (Å²) < 4.78 is 0. The zero-order valence-electron chi connectivity index (χ0n) is 11.3. The van der Waals surface area contributed by atoms with Gasteiger partial charge < -0.3 is 0 Å². The zero-order chi connectivity index (χ0) is 13.8. The lowest BCUT2D eigenvalue weighted by Gasteiger charge is -2.06. The molecule has 0 spiro atoms. The minimum Gasteiger partial charge on any atom is -0.0984 e. The lowest BCUT2D eigenvalue weighted by Crippen LogP contribution is -1.84. The average molecular weight is 256 g/mol. The molecular weight excluding hydrogens is 240 g/mol. The Morgan fingerprint density at radius 1 is 0.700 bits per heavy atom. The van der Waals surface area contributed by atoms with Gasteiger partial charge in [-0.05, 0) is 27.5 Å². The van der Waals surface area contributed by atoms with E-state index in [9.17, 15) is 0 Å². The maximum absolute atomic E-state index is 3.92. The Labute approximate surface area is 119 Å². The molecule has 0 aliphatic rings. The van der Waals surface area contributed by atoms with Gasteiger partial charge in [0, 0.05) is 0 Å². The van der Waals surface area contributed by atoms with E-state index in [2.05, 4.69) is 79.4 Å². The Bertz CT molecular complexity index is 764. The highest BCUT2D eigenvalue weighted by Gasteiger charge is 2.02. The minimum atomic E-state index is 1.16. The van der Waals surface area contributed by atoms with Crippen molar-refractivity contribution < 1.29 is 0 Å². The lowest BCUT2D eigenvalue weighted by molar-refractivity contribution is 1.65. The third-order valence-corrected chi connectivity index (χ3v) is 3.47. The Balaban J connectivity index is 2.14. The van der Waals surface area contributed by atoms with Crippen molar-refractivity contribution in [2.45, 2.75) is 0 Å². The highest BCUT2D eigenvalue weighted by atomic mass is 14.1. The predicted molar refractivity (Wildman–Crippen MR) is 89.4 cm³/mol. The van der Waals surface area contributed by atoms with Crippen LogP contribution in [0.3, 0.4) is 0 Å². The highest BCUT2D eigenvalue weighted by molar-refractivity contribution is 5.96. The second kappa shape index (κ2) is 5.58. The van der Waals surface area contributed by atoms with Crippen molar-refractivity contribution in [3.63, 3.8) is 0 Å². The van der Waals surface area contributed by atoms with Gasteiger partial charge in [-0.25, -0.2) is 0 Å². The standard InChI is InChI=1S/C20H16/c1-2-17-13-14-18-10-6-7-11-19(18)20(17)15-12-16-8-4-3-5-9-16/h2-15H,1H2. The summed E-state index contributed by atoms with van der Waals surface area (Å²) >= 11 is 0. The Kier molecular flexibility index (Phi) is 3.47. The van der Waals surface area contributed by atoms with Gasteiger partial charge in [0.2, 0.25) is 0 Å². The number of hydrogen-bond acceptors (Lipinski definition) is 0. The van der Waals surface area contributed by atoms with Gasteiger partial charge in [0.15, 0.2) is 0 Å². The summed E-state index contributed by atoms with van der Waals surface area (Å²) in [6.07, 6.45) is 6.24. The molecule has 0 nitrogen and oxygen atoms in total. The zero-order valence-corrected chi connectivity index (χ0v) is 11.3. The van der Waals surface area contributed by atoms with Gasteiger partial charge in [-0.1, -0.05) is 91.5 Å².